The Kier molecular flexibility index (Phi) is 3.81. The van der Waals surface area contributed by atoms with Crippen LogP contribution in [0.3, 0.4) is 0 Å². The molecule has 0 fully saturated rings. The molecule has 2 heteroatoms. The van der Waals surface area contributed by atoms with Crippen LogP contribution in [0.1, 0.15) is 22.3 Å². The maximum atomic E-state index is 11.4. The van der Waals surface area contributed by atoms with Crippen LogP contribution in [0, 0.1) is 13.8 Å². The van der Waals surface area contributed by atoms with Gasteiger partial charge >= 0.3 is 5.97 Å². The lowest BCUT2D eigenvalue weighted by Gasteiger charge is -2.04. The number of hydrogen-bond acceptors (Lipinski definition) is 1. The van der Waals surface area contributed by atoms with E-state index in [9.17, 15) is 9.90 Å². The van der Waals surface area contributed by atoms with Crippen molar-refractivity contribution in [2.75, 3.05) is 0 Å². The highest BCUT2D eigenvalue weighted by atomic mass is 16.4. The van der Waals surface area contributed by atoms with Crippen molar-refractivity contribution in [1.29, 1.82) is 0 Å². The monoisotopic (exact) mass is 252 g/mol. The lowest BCUT2D eigenvalue weighted by Crippen LogP contribution is -1.99. The van der Waals surface area contributed by atoms with E-state index in [4.69, 9.17) is 0 Å². The molecular weight excluding hydrogens is 236 g/mol. The van der Waals surface area contributed by atoms with E-state index >= 15 is 0 Å². The summed E-state index contributed by atoms with van der Waals surface area (Å²) in [6.45, 7) is 3.96. The molecule has 2 rings (SSSR count). The first-order valence-electron chi connectivity index (χ1n) is 6.15. The molecule has 0 aliphatic rings. The molecule has 19 heavy (non-hydrogen) atoms. The van der Waals surface area contributed by atoms with Gasteiger partial charge in [-0.2, -0.15) is 0 Å². The van der Waals surface area contributed by atoms with E-state index in [1.54, 1.807) is 6.08 Å². The Bertz CT molecular complexity index is 622. The molecular formula is C17H16O2. The summed E-state index contributed by atoms with van der Waals surface area (Å²) in [6, 6.07) is 15.3. The maximum absolute atomic E-state index is 11.4. The SMILES string of the molecule is Cc1ccc(/C=C(/C(=O)O)c2cccc(C)c2)cc1. The normalized spacial score (nSPS) is 11.4. The topological polar surface area (TPSA) is 37.3 Å². The largest absolute Gasteiger partial charge is 0.478 e. The Morgan fingerprint density at radius 1 is 1.00 bits per heavy atom. The molecule has 0 saturated carbocycles. The van der Waals surface area contributed by atoms with E-state index in [-0.39, 0.29) is 0 Å². The molecule has 0 unspecified atom stereocenters. The van der Waals surface area contributed by atoms with Crippen molar-refractivity contribution >= 4 is 17.6 Å². The van der Waals surface area contributed by atoms with Crippen molar-refractivity contribution in [2.45, 2.75) is 13.8 Å². The summed E-state index contributed by atoms with van der Waals surface area (Å²) in [7, 11) is 0. The summed E-state index contributed by atoms with van der Waals surface area (Å²) in [5.41, 5.74) is 4.14. The molecule has 0 amide bonds. The molecule has 1 N–H and O–H groups in total. The number of carboxylic acids is 1. The quantitative estimate of drug-likeness (QED) is 0.664. The predicted molar refractivity (Wildman–Crippen MR) is 77.9 cm³/mol. The summed E-state index contributed by atoms with van der Waals surface area (Å²) >= 11 is 0. The number of benzene rings is 2. The van der Waals surface area contributed by atoms with Crippen LogP contribution in [0.4, 0.5) is 0 Å². The minimum Gasteiger partial charge on any atom is -0.478 e. The number of carboxylic acid groups (broad SMARTS) is 1. The van der Waals surface area contributed by atoms with Gasteiger partial charge in [-0.05, 0) is 31.1 Å². The van der Waals surface area contributed by atoms with Crippen LogP contribution in [0.5, 0.6) is 0 Å². The molecule has 0 saturated heterocycles. The van der Waals surface area contributed by atoms with Gasteiger partial charge in [-0.25, -0.2) is 4.79 Å². The van der Waals surface area contributed by atoms with Crippen molar-refractivity contribution < 1.29 is 9.90 Å². The molecule has 96 valence electrons. The standard InChI is InChI=1S/C17H16O2/c1-12-6-8-14(9-7-12)11-16(17(18)19)15-5-3-4-13(2)10-15/h3-11H,1-2H3,(H,18,19)/b16-11+. The zero-order valence-electron chi connectivity index (χ0n) is 11.1. The molecule has 0 aliphatic heterocycles. The Hall–Kier alpha value is -2.35. The number of hydrogen-bond donors (Lipinski definition) is 1. The molecule has 0 spiro atoms. The van der Waals surface area contributed by atoms with Crippen molar-refractivity contribution in [3.8, 4) is 0 Å². The number of carbonyl (C=O) groups is 1. The lowest BCUT2D eigenvalue weighted by atomic mass is 10.0. The maximum Gasteiger partial charge on any atom is 0.336 e. The fourth-order valence-corrected chi connectivity index (χ4v) is 1.91. The fraction of sp³-hybridized carbons (Fsp3) is 0.118. The van der Waals surface area contributed by atoms with Crippen LogP contribution in [0.2, 0.25) is 0 Å². The molecule has 0 heterocycles. The predicted octanol–water partition coefficient (Wildman–Crippen LogP) is 3.93. The first-order valence-corrected chi connectivity index (χ1v) is 6.15. The van der Waals surface area contributed by atoms with Crippen LogP contribution < -0.4 is 0 Å². The van der Waals surface area contributed by atoms with Crippen molar-refractivity contribution in [2.24, 2.45) is 0 Å². The Morgan fingerprint density at radius 3 is 2.26 bits per heavy atom. The van der Waals surface area contributed by atoms with Gasteiger partial charge in [-0.15, -0.1) is 0 Å². The molecule has 0 radical (unpaired) electrons. The average Bonchev–Trinajstić information content (AvgIpc) is 2.37. The third kappa shape index (κ3) is 3.32. The van der Waals surface area contributed by atoms with Gasteiger partial charge in [0, 0.05) is 0 Å². The second-order valence-electron chi connectivity index (χ2n) is 4.64. The first kappa shape index (κ1) is 13.1. The van der Waals surface area contributed by atoms with Crippen molar-refractivity contribution in [3.05, 3.63) is 70.8 Å². The van der Waals surface area contributed by atoms with E-state index < -0.39 is 5.97 Å². The van der Waals surface area contributed by atoms with Gasteiger partial charge in [0.05, 0.1) is 5.57 Å². The fourth-order valence-electron chi connectivity index (χ4n) is 1.91. The van der Waals surface area contributed by atoms with E-state index in [1.165, 1.54) is 0 Å². The summed E-state index contributed by atoms with van der Waals surface area (Å²) < 4.78 is 0. The highest BCUT2D eigenvalue weighted by Crippen LogP contribution is 2.20. The highest BCUT2D eigenvalue weighted by molar-refractivity contribution is 6.20. The molecule has 0 aliphatic carbocycles. The van der Waals surface area contributed by atoms with Crippen LogP contribution in [0.15, 0.2) is 48.5 Å². The molecule has 0 bridgehead atoms. The van der Waals surface area contributed by atoms with Gasteiger partial charge in [0.15, 0.2) is 0 Å². The summed E-state index contributed by atoms with van der Waals surface area (Å²) in [4.78, 5) is 11.4. The molecule has 0 atom stereocenters. The molecule has 2 aromatic rings. The zero-order chi connectivity index (χ0) is 13.8. The van der Waals surface area contributed by atoms with E-state index in [2.05, 4.69) is 0 Å². The van der Waals surface area contributed by atoms with Gasteiger partial charge in [0.2, 0.25) is 0 Å². The molecule has 0 aromatic heterocycles. The van der Waals surface area contributed by atoms with E-state index in [0.29, 0.717) is 5.57 Å². The minimum atomic E-state index is -0.911. The third-order valence-corrected chi connectivity index (χ3v) is 2.95. The van der Waals surface area contributed by atoms with Gasteiger partial charge in [0.1, 0.15) is 0 Å². The minimum absolute atomic E-state index is 0.313. The second-order valence-corrected chi connectivity index (χ2v) is 4.64. The van der Waals surface area contributed by atoms with Crippen molar-refractivity contribution in [3.63, 3.8) is 0 Å². The van der Waals surface area contributed by atoms with E-state index in [0.717, 1.165) is 22.3 Å². The second kappa shape index (κ2) is 5.53. The number of aliphatic carboxylic acids is 1. The van der Waals surface area contributed by atoms with Gasteiger partial charge < -0.3 is 5.11 Å². The smallest absolute Gasteiger partial charge is 0.336 e. The van der Waals surface area contributed by atoms with Gasteiger partial charge in [-0.3, -0.25) is 0 Å². The van der Waals surface area contributed by atoms with Gasteiger partial charge in [0.25, 0.3) is 0 Å². The Morgan fingerprint density at radius 2 is 1.68 bits per heavy atom. The molecule has 2 aromatic carbocycles. The van der Waals surface area contributed by atoms with Crippen LogP contribution in [-0.4, -0.2) is 11.1 Å². The first-order chi connectivity index (χ1) is 9.06. The van der Waals surface area contributed by atoms with Crippen molar-refractivity contribution in [1.82, 2.24) is 0 Å². The number of rotatable bonds is 3. The summed E-state index contributed by atoms with van der Waals surface area (Å²) in [6.07, 6.45) is 1.70. The summed E-state index contributed by atoms with van der Waals surface area (Å²) in [5.74, 6) is -0.911. The number of aryl methyl sites for hydroxylation is 2. The Labute approximate surface area is 113 Å². The molecule has 2 nitrogen and oxygen atoms in total. The average molecular weight is 252 g/mol. The van der Waals surface area contributed by atoms with Gasteiger partial charge in [-0.1, -0.05) is 59.7 Å². The van der Waals surface area contributed by atoms with Crippen LogP contribution >= 0.6 is 0 Å². The third-order valence-electron chi connectivity index (χ3n) is 2.95. The highest BCUT2D eigenvalue weighted by Gasteiger charge is 2.10. The Balaban J connectivity index is 2.46. The van der Waals surface area contributed by atoms with E-state index in [1.807, 2.05) is 62.4 Å². The zero-order valence-corrected chi connectivity index (χ0v) is 11.1. The van der Waals surface area contributed by atoms with Crippen LogP contribution in [-0.2, 0) is 4.79 Å². The lowest BCUT2D eigenvalue weighted by molar-refractivity contribution is -0.130. The van der Waals surface area contributed by atoms with Crippen LogP contribution in [0.25, 0.3) is 11.6 Å². The summed E-state index contributed by atoms with van der Waals surface area (Å²) in [5, 5.41) is 9.37.